The van der Waals surface area contributed by atoms with Crippen LogP contribution in [0.15, 0.2) is 34.2 Å². The van der Waals surface area contributed by atoms with Crippen LogP contribution in [-0.2, 0) is 0 Å². The largest absolute Gasteiger partial charge is 0.335 e. The van der Waals surface area contributed by atoms with Crippen LogP contribution in [0.2, 0.25) is 0 Å². The van der Waals surface area contributed by atoms with E-state index in [0.717, 1.165) is 10.6 Å². The zero-order chi connectivity index (χ0) is 16.7. The molecular weight excluding hydrogens is 326 g/mol. The minimum atomic E-state index is -0.280. The molecule has 7 nitrogen and oxygen atoms in total. The number of carbonyl (C=O) groups excluding carboxylic acids is 1. The third-order valence-corrected chi connectivity index (χ3v) is 4.48. The van der Waals surface area contributed by atoms with Crippen molar-refractivity contribution in [3.63, 3.8) is 0 Å². The summed E-state index contributed by atoms with van der Waals surface area (Å²) in [6.45, 7) is 3.65. The lowest BCUT2D eigenvalue weighted by molar-refractivity contribution is 0.102. The van der Waals surface area contributed by atoms with E-state index in [0.29, 0.717) is 33.9 Å². The van der Waals surface area contributed by atoms with Crippen LogP contribution in [0.25, 0.3) is 21.7 Å². The van der Waals surface area contributed by atoms with E-state index < -0.39 is 0 Å². The highest BCUT2D eigenvalue weighted by Gasteiger charge is 2.20. The molecule has 0 saturated carbocycles. The summed E-state index contributed by atoms with van der Waals surface area (Å²) in [5.41, 5.74) is 2.98. The summed E-state index contributed by atoms with van der Waals surface area (Å²) in [7, 11) is 0. The van der Waals surface area contributed by atoms with Gasteiger partial charge in [0.1, 0.15) is 0 Å². The number of H-pyrrole nitrogens is 1. The number of nitrogens with one attached hydrogen (secondary N) is 2. The van der Waals surface area contributed by atoms with Crippen molar-refractivity contribution in [1.82, 2.24) is 20.3 Å². The first-order valence-electron chi connectivity index (χ1n) is 7.26. The van der Waals surface area contributed by atoms with Gasteiger partial charge in [-0.15, -0.1) is 11.3 Å². The molecule has 8 heteroatoms. The number of amides is 1. The molecule has 0 spiro atoms. The van der Waals surface area contributed by atoms with E-state index in [-0.39, 0.29) is 5.91 Å². The number of pyridine rings is 1. The Morgan fingerprint density at radius 3 is 2.92 bits per heavy atom. The number of carbonyl (C=O) groups is 1. The summed E-state index contributed by atoms with van der Waals surface area (Å²) < 4.78 is 5.27. The Morgan fingerprint density at radius 2 is 2.21 bits per heavy atom. The predicted molar refractivity (Wildman–Crippen MR) is 91.1 cm³/mol. The summed E-state index contributed by atoms with van der Waals surface area (Å²) in [5, 5.41) is 16.1. The van der Waals surface area contributed by atoms with Crippen LogP contribution in [0.4, 0.5) is 5.82 Å². The number of hydrogen-bond donors (Lipinski definition) is 2. The van der Waals surface area contributed by atoms with Gasteiger partial charge < -0.3 is 9.84 Å². The quantitative estimate of drug-likeness (QED) is 0.595. The fourth-order valence-electron chi connectivity index (χ4n) is 2.49. The van der Waals surface area contributed by atoms with E-state index in [1.165, 1.54) is 0 Å². The number of aromatic amines is 1. The molecule has 4 rings (SSSR count). The predicted octanol–water partition coefficient (Wildman–Crippen LogP) is 3.54. The molecule has 4 aromatic heterocycles. The molecular formula is C16H13N5O2S. The summed E-state index contributed by atoms with van der Waals surface area (Å²) >= 11 is 1.55. The fourth-order valence-corrected chi connectivity index (χ4v) is 3.18. The van der Waals surface area contributed by atoms with E-state index in [9.17, 15) is 4.79 Å². The van der Waals surface area contributed by atoms with Crippen molar-refractivity contribution in [2.24, 2.45) is 0 Å². The zero-order valence-corrected chi connectivity index (χ0v) is 13.8. The van der Waals surface area contributed by atoms with Gasteiger partial charge >= 0.3 is 0 Å². The molecule has 0 bridgehead atoms. The van der Waals surface area contributed by atoms with Crippen molar-refractivity contribution in [3.8, 4) is 10.6 Å². The standard InChI is InChI=1S/C16H13N5O2S/c1-8-6-13(20-19-8)18-15(22)10-7-11(12-4-3-5-24-12)17-16-14(10)9(2)21-23-16/h3-7H,1-2H3,(H2,18,19,20,22). The number of anilines is 1. The van der Waals surface area contributed by atoms with E-state index in [4.69, 9.17) is 4.52 Å². The summed E-state index contributed by atoms with van der Waals surface area (Å²) in [6, 6.07) is 7.40. The number of hydrogen-bond acceptors (Lipinski definition) is 6. The van der Waals surface area contributed by atoms with Gasteiger partial charge in [-0.25, -0.2) is 4.98 Å². The number of aromatic nitrogens is 4. The number of fused-ring (bicyclic) bond motifs is 1. The Balaban J connectivity index is 1.83. The normalized spacial score (nSPS) is 11.1. The lowest BCUT2D eigenvalue weighted by Crippen LogP contribution is -2.13. The van der Waals surface area contributed by atoms with E-state index in [1.54, 1.807) is 30.4 Å². The van der Waals surface area contributed by atoms with Crippen LogP contribution < -0.4 is 5.32 Å². The first kappa shape index (κ1) is 14.6. The second-order valence-electron chi connectivity index (χ2n) is 5.37. The average molecular weight is 339 g/mol. The minimum absolute atomic E-state index is 0.280. The van der Waals surface area contributed by atoms with Crippen LogP contribution in [0.3, 0.4) is 0 Å². The number of rotatable bonds is 3. The van der Waals surface area contributed by atoms with Crippen LogP contribution in [0, 0.1) is 13.8 Å². The second kappa shape index (κ2) is 5.57. The fraction of sp³-hybridized carbons (Fsp3) is 0.125. The highest BCUT2D eigenvalue weighted by molar-refractivity contribution is 7.13. The van der Waals surface area contributed by atoms with E-state index >= 15 is 0 Å². The van der Waals surface area contributed by atoms with Gasteiger partial charge in [0.15, 0.2) is 5.82 Å². The molecule has 0 saturated heterocycles. The minimum Gasteiger partial charge on any atom is -0.335 e. The third kappa shape index (κ3) is 2.46. The smallest absolute Gasteiger partial charge is 0.259 e. The van der Waals surface area contributed by atoms with Gasteiger partial charge in [-0.05, 0) is 31.4 Å². The van der Waals surface area contributed by atoms with Crippen molar-refractivity contribution in [3.05, 3.63) is 46.6 Å². The van der Waals surface area contributed by atoms with Crippen molar-refractivity contribution in [1.29, 1.82) is 0 Å². The highest BCUT2D eigenvalue weighted by atomic mass is 32.1. The average Bonchev–Trinajstić information content (AvgIpc) is 3.29. The third-order valence-electron chi connectivity index (χ3n) is 3.58. The molecule has 2 N–H and O–H groups in total. The molecule has 0 aliphatic rings. The monoisotopic (exact) mass is 339 g/mol. The molecule has 0 aliphatic heterocycles. The van der Waals surface area contributed by atoms with Crippen molar-refractivity contribution >= 4 is 34.2 Å². The van der Waals surface area contributed by atoms with Crippen LogP contribution >= 0.6 is 11.3 Å². The van der Waals surface area contributed by atoms with Gasteiger partial charge in [0.25, 0.3) is 11.6 Å². The zero-order valence-electron chi connectivity index (χ0n) is 13.0. The Labute approximate surface area is 140 Å². The first-order chi connectivity index (χ1) is 11.6. The molecule has 120 valence electrons. The van der Waals surface area contributed by atoms with Crippen molar-refractivity contribution < 1.29 is 9.32 Å². The molecule has 0 fully saturated rings. The van der Waals surface area contributed by atoms with E-state index in [1.807, 2.05) is 24.4 Å². The van der Waals surface area contributed by atoms with Crippen LogP contribution in [0.1, 0.15) is 21.7 Å². The van der Waals surface area contributed by atoms with E-state index in [2.05, 4.69) is 25.7 Å². The molecule has 0 radical (unpaired) electrons. The number of thiophene rings is 1. The maximum atomic E-state index is 12.8. The van der Waals surface area contributed by atoms with Crippen LogP contribution in [0.5, 0.6) is 0 Å². The molecule has 4 heterocycles. The summed E-state index contributed by atoms with van der Waals surface area (Å²) in [5.74, 6) is 0.187. The SMILES string of the molecule is Cc1cc(NC(=O)c2cc(-c3cccs3)nc3onc(C)c23)n[nH]1. The Bertz CT molecular complexity index is 1030. The molecule has 0 aromatic carbocycles. The molecule has 24 heavy (non-hydrogen) atoms. The molecule has 0 atom stereocenters. The Morgan fingerprint density at radius 1 is 1.33 bits per heavy atom. The Hall–Kier alpha value is -3.00. The van der Waals surface area contributed by atoms with Crippen molar-refractivity contribution in [2.45, 2.75) is 13.8 Å². The molecule has 4 aromatic rings. The first-order valence-corrected chi connectivity index (χ1v) is 8.14. The second-order valence-corrected chi connectivity index (χ2v) is 6.32. The molecule has 0 unspecified atom stereocenters. The molecule has 1 amide bonds. The maximum Gasteiger partial charge on any atom is 0.259 e. The molecule has 0 aliphatic carbocycles. The summed E-state index contributed by atoms with van der Waals surface area (Å²) in [6.07, 6.45) is 0. The van der Waals surface area contributed by atoms with Crippen LogP contribution in [-0.4, -0.2) is 26.2 Å². The van der Waals surface area contributed by atoms with Gasteiger partial charge in [-0.1, -0.05) is 11.2 Å². The van der Waals surface area contributed by atoms with Gasteiger partial charge in [0.2, 0.25) is 0 Å². The number of nitrogens with zero attached hydrogens (tertiary/aromatic N) is 3. The van der Waals surface area contributed by atoms with Gasteiger partial charge in [0.05, 0.1) is 27.2 Å². The van der Waals surface area contributed by atoms with Gasteiger partial charge in [-0.2, -0.15) is 5.10 Å². The van der Waals surface area contributed by atoms with Crippen molar-refractivity contribution in [2.75, 3.05) is 5.32 Å². The van der Waals surface area contributed by atoms with Gasteiger partial charge in [0, 0.05) is 11.8 Å². The highest BCUT2D eigenvalue weighted by Crippen LogP contribution is 2.29. The lowest BCUT2D eigenvalue weighted by atomic mass is 10.1. The number of aryl methyl sites for hydroxylation is 2. The van der Waals surface area contributed by atoms with Gasteiger partial charge in [-0.3, -0.25) is 9.89 Å². The lowest BCUT2D eigenvalue weighted by Gasteiger charge is -2.05. The topological polar surface area (TPSA) is 96.7 Å². The Kier molecular flexibility index (Phi) is 3.39. The maximum absolute atomic E-state index is 12.8. The summed E-state index contributed by atoms with van der Waals surface area (Å²) in [4.78, 5) is 18.2.